The Hall–Kier alpha value is -1.61. The molecule has 0 aliphatic carbocycles. The van der Waals surface area contributed by atoms with Crippen LogP contribution in [0.5, 0.6) is 0 Å². The van der Waals surface area contributed by atoms with Crippen molar-refractivity contribution < 1.29 is 4.52 Å². The zero-order chi connectivity index (χ0) is 17.3. The van der Waals surface area contributed by atoms with Gasteiger partial charge in [-0.2, -0.15) is 0 Å². The molecule has 2 aromatic rings. The van der Waals surface area contributed by atoms with Crippen LogP contribution >= 0.6 is 24.0 Å². The van der Waals surface area contributed by atoms with Crippen LogP contribution in [0.15, 0.2) is 52.2 Å². The zero-order valence-electron chi connectivity index (χ0n) is 15.2. The molecule has 0 unspecified atom stereocenters. The third-order valence-corrected chi connectivity index (χ3v) is 4.41. The van der Waals surface area contributed by atoms with Crippen molar-refractivity contribution in [3.63, 3.8) is 0 Å². The van der Waals surface area contributed by atoms with Gasteiger partial charge in [-0.25, -0.2) is 4.99 Å². The van der Waals surface area contributed by atoms with Crippen LogP contribution in [0.2, 0.25) is 0 Å². The zero-order valence-corrected chi connectivity index (χ0v) is 17.6. The first kappa shape index (κ1) is 20.7. The summed E-state index contributed by atoms with van der Waals surface area (Å²) < 4.78 is 4.85. The maximum absolute atomic E-state index is 4.85. The van der Waals surface area contributed by atoms with Crippen LogP contribution in [-0.2, 0) is 13.1 Å². The van der Waals surface area contributed by atoms with Gasteiger partial charge in [0, 0.05) is 38.3 Å². The summed E-state index contributed by atoms with van der Waals surface area (Å²) in [7, 11) is 0. The van der Waals surface area contributed by atoms with Crippen molar-refractivity contribution in [3.05, 3.63) is 53.9 Å². The molecule has 1 aliphatic heterocycles. The van der Waals surface area contributed by atoms with E-state index in [0.29, 0.717) is 12.6 Å². The van der Waals surface area contributed by atoms with Gasteiger partial charge >= 0.3 is 0 Å². The normalized spacial score (nSPS) is 16.1. The summed E-state index contributed by atoms with van der Waals surface area (Å²) in [6.07, 6.45) is 3.83. The van der Waals surface area contributed by atoms with Crippen LogP contribution in [0.4, 0.5) is 0 Å². The Labute approximate surface area is 172 Å². The lowest BCUT2D eigenvalue weighted by atomic mass is 10.0. The van der Waals surface area contributed by atoms with Crippen molar-refractivity contribution in [3.8, 4) is 0 Å². The number of nitrogens with zero attached hydrogens (tertiary/aromatic N) is 3. The topological polar surface area (TPSA) is 65.7 Å². The van der Waals surface area contributed by atoms with Crippen LogP contribution in [-0.4, -0.2) is 41.7 Å². The van der Waals surface area contributed by atoms with Crippen LogP contribution in [0, 0.1) is 0 Å². The van der Waals surface area contributed by atoms with E-state index in [1.54, 1.807) is 6.26 Å². The quantitative estimate of drug-likeness (QED) is 0.387. The third kappa shape index (κ3) is 6.60. The number of guanidine groups is 1. The van der Waals surface area contributed by atoms with Gasteiger partial charge in [-0.1, -0.05) is 35.5 Å². The lowest BCUT2D eigenvalue weighted by molar-refractivity contribution is 0.198. The van der Waals surface area contributed by atoms with Gasteiger partial charge in [-0.15, -0.1) is 24.0 Å². The molecular formula is C19H28IN5O. The Bertz CT molecular complexity index is 639. The van der Waals surface area contributed by atoms with Crippen LogP contribution in [0.3, 0.4) is 0 Å². The molecule has 1 aromatic carbocycles. The number of piperidine rings is 1. The molecule has 0 spiro atoms. The molecule has 0 bridgehead atoms. The third-order valence-electron chi connectivity index (χ3n) is 4.41. The Balaban J connectivity index is 0.00000243. The van der Waals surface area contributed by atoms with Crippen molar-refractivity contribution in [1.29, 1.82) is 0 Å². The summed E-state index contributed by atoms with van der Waals surface area (Å²) >= 11 is 0. The van der Waals surface area contributed by atoms with Gasteiger partial charge in [0.15, 0.2) is 5.96 Å². The van der Waals surface area contributed by atoms with E-state index in [1.807, 2.05) is 6.07 Å². The Morgan fingerprint density at radius 3 is 2.65 bits per heavy atom. The number of hydrogen-bond acceptors (Lipinski definition) is 4. The first-order chi connectivity index (χ1) is 12.3. The molecule has 0 radical (unpaired) electrons. The molecule has 1 saturated heterocycles. The number of aromatic nitrogens is 1. The fraction of sp³-hybridized carbons (Fsp3) is 0.474. The summed E-state index contributed by atoms with van der Waals surface area (Å²) in [6, 6.07) is 13.0. The average Bonchev–Trinajstić information content (AvgIpc) is 3.16. The number of aliphatic imine (C=N–C) groups is 1. The minimum atomic E-state index is 0. The molecule has 3 rings (SSSR count). The molecule has 142 valence electrons. The number of likely N-dealkylation sites (tertiary alicyclic amines) is 1. The molecule has 1 aromatic heterocycles. The highest BCUT2D eigenvalue weighted by Crippen LogP contribution is 2.13. The minimum absolute atomic E-state index is 0. The minimum Gasteiger partial charge on any atom is -0.364 e. The van der Waals surface area contributed by atoms with Gasteiger partial charge in [0.05, 0.1) is 6.54 Å². The maximum atomic E-state index is 4.85. The van der Waals surface area contributed by atoms with Gasteiger partial charge in [0.25, 0.3) is 0 Å². The largest absolute Gasteiger partial charge is 0.364 e. The highest BCUT2D eigenvalue weighted by molar-refractivity contribution is 14.0. The molecule has 7 heteroatoms. The SMILES string of the molecule is CCNC(=NCc1ccon1)NC1CCN(Cc2ccccc2)CC1.I. The first-order valence-electron chi connectivity index (χ1n) is 9.04. The van der Waals surface area contributed by atoms with E-state index in [1.165, 1.54) is 5.56 Å². The van der Waals surface area contributed by atoms with Gasteiger partial charge in [-0.05, 0) is 25.3 Å². The van der Waals surface area contributed by atoms with Crippen molar-refractivity contribution in [1.82, 2.24) is 20.7 Å². The van der Waals surface area contributed by atoms with E-state index in [0.717, 1.165) is 50.7 Å². The Morgan fingerprint density at radius 1 is 1.23 bits per heavy atom. The van der Waals surface area contributed by atoms with Gasteiger partial charge in [0.2, 0.25) is 0 Å². The number of benzene rings is 1. The van der Waals surface area contributed by atoms with Gasteiger partial charge < -0.3 is 15.2 Å². The summed E-state index contributed by atoms with van der Waals surface area (Å²) in [5.74, 6) is 0.854. The van der Waals surface area contributed by atoms with E-state index < -0.39 is 0 Å². The predicted octanol–water partition coefficient (Wildman–Crippen LogP) is 3.01. The van der Waals surface area contributed by atoms with Crippen molar-refractivity contribution >= 4 is 29.9 Å². The second-order valence-electron chi connectivity index (χ2n) is 6.37. The van der Waals surface area contributed by atoms with E-state index in [4.69, 9.17) is 4.52 Å². The Kier molecular flexibility index (Phi) is 8.90. The standard InChI is InChI=1S/C19H27N5O.HI/c1-2-20-19(21-14-18-10-13-25-23-18)22-17-8-11-24(12-9-17)15-16-6-4-3-5-7-16;/h3-7,10,13,17H,2,8-9,11-12,14-15H2,1H3,(H2,20,21,22);1H. The molecule has 2 heterocycles. The fourth-order valence-corrected chi connectivity index (χ4v) is 3.07. The fourth-order valence-electron chi connectivity index (χ4n) is 3.07. The van der Waals surface area contributed by atoms with E-state index in [9.17, 15) is 0 Å². The highest BCUT2D eigenvalue weighted by Gasteiger charge is 2.20. The summed E-state index contributed by atoms with van der Waals surface area (Å²) in [6.45, 7) is 6.70. The highest BCUT2D eigenvalue weighted by atomic mass is 127. The molecular weight excluding hydrogens is 441 g/mol. The van der Waals surface area contributed by atoms with Gasteiger partial charge in [-0.3, -0.25) is 4.90 Å². The Morgan fingerprint density at radius 2 is 2.00 bits per heavy atom. The van der Waals surface area contributed by atoms with E-state index >= 15 is 0 Å². The second-order valence-corrected chi connectivity index (χ2v) is 6.37. The van der Waals surface area contributed by atoms with Crippen LogP contribution in [0.25, 0.3) is 0 Å². The molecule has 2 N–H and O–H groups in total. The van der Waals surface area contributed by atoms with E-state index in [-0.39, 0.29) is 24.0 Å². The first-order valence-corrected chi connectivity index (χ1v) is 9.04. The monoisotopic (exact) mass is 469 g/mol. The second kappa shape index (κ2) is 11.2. The molecule has 0 atom stereocenters. The number of halogens is 1. The molecule has 1 aliphatic rings. The van der Waals surface area contributed by atoms with Crippen molar-refractivity contribution in [2.24, 2.45) is 4.99 Å². The lowest BCUT2D eigenvalue weighted by Crippen LogP contribution is -2.48. The molecule has 6 nitrogen and oxygen atoms in total. The van der Waals surface area contributed by atoms with Crippen LogP contribution in [0.1, 0.15) is 31.0 Å². The number of rotatable bonds is 6. The van der Waals surface area contributed by atoms with Gasteiger partial charge in [0.1, 0.15) is 12.0 Å². The molecule has 26 heavy (non-hydrogen) atoms. The van der Waals surface area contributed by atoms with E-state index in [2.05, 4.69) is 62.9 Å². The smallest absolute Gasteiger partial charge is 0.191 e. The number of hydrogen-bond donors (Lipinski definition) is 2. The van der Waals surface area contributed by atoms with Crippen molar-refractivity contribution in [2.45, 2.75) is 38.9 Å². The molecule has 0 saturated carbocycles. The summed E-state index contributed by atoms with van der Waals surface area (Å²) in [5.41, 5.74) is 2.23. The number of nitrogens with one attached hydrogen (secondary N) is 2. The lowest BCUT2D eigenvalue weighted by Gasteiger charge is -2.33. The molecule has 0 amide bonds. The van der Waals surface area contributed by atoms with Crippen LogP contribution < -0.4 is 10.6 Å². The van der Waals surface area contributed by atoms with Crippen molar-refractivity contribution in [2.75, 3.05) is 19.6 Å². The summed E-state index contributed by atoms with van der Waals surface area (Å²) in [4.78, 5) is 7.12. The molecule has 1 fully saturated rings. The predicted molar refractivity (Wildman–Crippen MR) is 115 cm³/mol. The summed E-state index contributed by atoms with van der Waals surface area (Å²) in [5, 5.41) is 10.8. The average molecular weight is 469 g/mol. The maximum Gasteiger partial charge on any atom is 0.191 e.